The first-order valence-corrected chi connectivity index (χ1v) is 7.01. The van der Waals surface area contributed by atoms with Crippen LogP contribution >= 0.6 is 0 Å². The molecule has 1 aliphatic rings. The van der Waals surface area contributed by atoms with E-state index < -0.39 is 0 Å². The number of hydrogen-bond acceptors (Lipinski definition) is 1. The molecule has 0 fully saturated rings. The van der Waals surface area contributed by atoms with Crippen molar-refractivity contribution in [2.75, 3.05) is 0 Å². The summed E-state index contributed by atoms with van der Waals surface area (Å²) in [4.78, 5) is 0. The maximum atomic E-state index is 3.53. The summed E-state index contributed by atoms with van der Waals surface area (Å²) in [5, 5.41) is 3.53. The van der Waals surface area contributed by atoms with Gasteiger partial charge in [0, 0.05) is 5.70 Å². The normalized spacial score (nSPS) is 17.5. The zero-order valence-electron chi connectivity index (χ0n) is 11.9. The molecule has 1 atom stereocenters. The van der Waals surface area contributed by atoms with Crippen molar-refractivity contribution < 1.29 is 0 Å². The smallest absolute Gasteiger partial charge is 0.0700 e. The number of aryl methyl sites for hydroxylation is 1. The summed E-state index contributed by atoms with van der Waals surface area (Å²) in [7, 11) is 0. The van der Waals surface area contributed by atoms with E-state index in [2.05, 4.69) is 85.9 Å². The molecular weight excluding hydrogens is 242 g/mol. The Morgan fingerprint density at radius 2 is 1.70 bits per heavy atom. The van der Waals surface area contributed by atoms with E-state index in [1.165, 1.54) is 28.0 Å². The highest BCUT2D eigenvalue weighted by atomic mass is 14.9. The van der Waals surface area contributed by atoms with Crippen LogP contribution < -0.4 is 5.32 Å². The lowest BCUT2D eigenvalue weighted by atomic mass is 9.94. The first-order chi connectivity index (χ1) is 9.74. The fourth-order valence-electron chi connectivity index (χ4n) is 2.62. The predicted molar refractivity (Wildman–Crippen MR) is 85.4 cm³/mol. The molecule has 1 aliphatic heterocycles. The Labute approximate surface area is 120 Å². The van der Waals surface area contributed by atoms with Crippen molar-refractivity contribution in [2.24, 2.45) is 0 Å². The van der Waals surface area contributed by atoms with Crippen LogP contribution in [-0.2, 0) is 0 Å². The Morgan fingerprint density at radius 3 is 2.45 bits per heavy atom. The van der Waals surface area contributed by atoms with Gasteiger partial charge >= 0.3 is 0 Å². The molecule has 1 heterocycles. The Morgan fingerprint density at radius 1 is 0.900 bits per heavy atom. The number of allylic oxidation sites excluding steroid dienone is 3. The Kier molecular flexibility index (Phi) is 3.42. The fraction of sp³-hybridized carbons (Fsp3) is 0.158. The Bertz CT molecular complexity index is 665. The third-order valence-electron chi connectivity index (χ3n) is 3.75. The molecule has 1 nitrogen and oxygen atoms in total. The molecule has 1 unspecified atom stereocenters. The highest BCUT2D eigenvalue weighted by Gasteiger charge is 2.13. The van der Waals surface area contributed by atoms with Crippen LogP contribution in [0.15, 0.2) is 72.5 Å². The molecular formula is C19H19N. The average Bonchev–Trinajstić information content (AvgIpc) is 2.48. The maximum Gasteiger partial charge on any atom is 0.0700 e. The molecule has 0 saturated heterocycles. The van der Waals surface area contributed by atoms with Crippen LogP contribution in [0.3, 0.4) is 0 Å². The lowest BCUT2D eigenvalue weighted by Gasteiger charge is -2.22. The van der Waals surface area contributed by atoms with Gasteiger partial charge in [0.2, 0.25) is 0 Å². The van der Waals surface area contributed by atoms with Crippen molar-refractivity contribution in [3.63, 3.8) is 0 Å². The second kappa shape index (κ2) is 5.38. The van der Waals surface area contributed by atoms with Crippen LogP contribution in [-0.4, -0.2) is 0 Å². The lowest BCUT2D eigenvalue weighted by Crippen LogP contribution is -2.20. The van der Waals surface area contributed by atoms with Crippen molar-refractivity contribution >= 4 is 0 Å². The molecule has 0 aliphatic carbocycles. The standard InChI is InChI=1S/C19H19N/c1-14-11-12-17(16-8-4-3-5-9-16)13-18(14)19-10-6-7-15(2)20-19/h3-13,19-20H,1-2H3. The first kappa shape index (κ1) is 12.7. The Balaban J connectivity index is 2.00. The molecule has 0 saturated carbocycles. The summed E-state index contributed by atoms with van der Waals surface area (Å²) < 4.78 is 0. The van der Waals surface area contributed by atoms with Crippen molar-refractivity contribution in [1.29, 1.82) is 0 Å². The number of rotatable bonds is 2. The second-order valence-electron chi connectivity index (χ2n) is 5.29. The number of nitrogens with one attached hydrogen (secondary N) is 1. The third-order valence-corrected chi connectivity index (χ3v) is 3.75. The highest BCUT2D eigenvalue weighted by Crippen LogP contribution is 2.28. The van der Waals surface area contributed by atoms with E-state index in [0.717, 1.165) is 0 Å². The van der Waals surface area contributed by atoms with Gasteiger partial charge in [-0.05, 0) is 48.2 Å². The zero-order valence-corrected chi connectivity index (χ0v) is 11.9. The molecule has 1 heteroatoms. The van der Waals surface area contributed by atoms with Crippen LogP contribution in [0.25, 0.3) is 11.1 Å². The molecule has 0 amide bonds. The van der Waals surface area contributed by atoms with Crippen molar-refractivity contribution in [2.45, 2.75) is 19.9 Å². The minimum absolute atomic E-state index is 0.267. The van der Waals surface area contributed by atoms with Gasteiger partial charge in [0.25, 0.3) is 0 Å². The first-order valence-electron chi connectivity index (χ1n) is 7.01. The van der Waals surface area contributed by atoms with Gasteiger partial charge in [0.15, 0.2) is 0 Å². The van der Waals surface area contributed by atoms with Gasteiger partial charge in [-0.1, -0.05) is 54.6 Å². The monoisotopic (exact) mass is 261 g/mol. The van der Waals surface area contributed by atoms with Crippen LogP contribution in [0.1, 0.15) is 24.1 Å². The SMILES string of the molecule is CC1=CC=CC(c2cc(-c3ccccc3)ccc2C)N1. The van der Waals surface area contributed by atoms with Gasteiger partial charge in [-0.3, -0.25) is 0 Å². The van der Waals surface area contributed by atoms with Gasteiger partial charge in [-0.2, -0.15) is 0 Å². The number of dihydropyridines is 1. The van der Waals surface area contributed by atoms with Gasteiger partial charge in [0.05, 0.1) is 6.04 Å². The fourth-order valence-corrected chi connectivity index (χ4v) is 2.62. The van der Waals surface area contributed by atoms with Gasteiger partial charge < -0.3 is 5.32 Å². The number of benzene rings is 2. The minimum atomic E-state index is 0.267. The van der Waals surface area contributed by atoms with Crippen molar-refractivity contribution in [3.8, 4) is 11.1 Å². The summed E-state index contributed by atoms with van der Waals surface area (Å²) >= 11 is 0. The molecule has 0 spiro atoms. The molecule has 0 aromatic heterocycles. The molecule has 20 heavy (non-hydrogen) atoms. The molecule has 3 rings (SSSR count). The van der Waals surface area contributed by atoms with E-state index in [9.17, 15) is 0 Å². The predicted octanol–water partition coefficient (Wildman–Crippen LogP) is 4.77. The van der Waals surface area contributed by atoms with Gasteiger partial charge in [-0.15, -0.1) is 0 Å². The molecule has 1 N–H and O–H groups in total. The van der Waals surface area contributed by atoms with E-state index in [1.807, 2.05) is 0 Å². The van der Waals surface area contributed by atoms with Crippen LogP contribution in [0, 0.1) is 6.92 Å². The molecule has 2 aromatic carbocycles. The summed E-state index contributed by atoms with van der Waals surface area (Å²) in [6, 6.07) is 17.5. The van der Waals surface area contributed by atoms with Crippen molar-refractivity contribution in [3.05, 3.63) is 83.6 Å². The van der Waals surface area contributed by atoms with E-state index >= 15 is 0 Å². The molecule has 2 aromatic rings. The van der Waals surface area contributed by atoms with Gasteiger partial charge in [0.1, 0.15) is 0 Å². The van der Waals surface area contributed by atoms with Crippen LogP contribution in [0.5, 0.6) is 0 Å². The van der Waals surface area contributed by atoms with E-state index in [-0.39, 0.29) is 6.04 Å². The quantitative estimate of drug-likeness (QED) is 0.821. The second-order valence-corrected chi connectivity index (χ2v) is 5.29. The minimum Gasteiger partial charge on any atom is -0.378 e. The third kappa shape index (κ3) is 2.53. The molecule has 100 valence electrons. The van der Waals surface area contributed by atoms with Crippen LogP contribution in [0.2, 0.25) is 0 Å². The molecule has 0 bridgehead atoms. The summed E-state index contributed by atoms with van der Waals surface area (Å²) in [5.41, 5.74) is 6.41. The summed E-state index contributed by atoms with van der Waals surface area (Å²) in [6.45, 7) is 4.28. The lowest BCUT2D eigenvalue weighted by molar-refractivity contribution is 0.701. The zero-order chi connectivity index (χ0) is 13.9. The van der Waals surface area contributed by atoms with E-state index in [4.69, 9.17) is 0 Å². The van der Waals surface area contributed by atoms with E-state index in [0.29, 0.717) is 0 Å². The van der Waals surface area contributed by atoms with E-state index in [1.54, 1.807) is 0 Å². The summed E-state index contributed by atoms with van der Waals surface area (Å²) in [5.74, 6) is 0. The largest absolute Gasteiger partial charge is 0.378 e. The maximum absolute atomic E-state index is 3.53. The van der Waals surface area contributed by atoms with Crippen molar-refractivity contribution in [1.82, 2.24) is 5.32 Å². The summed E-state index contributed by atoms with van der Waals surface area (Å²) in [6.07, 6.45) is 6.45. The van der Waals surface area contributed by atoms with Gasteiger partial charge in [-0.25, -0.2) is 0 Å². The topological polar surface area (TPSA) is 12.0 Å². The van der Waals surface area contributed by atoms with Crippen LogP contribution in [0.4, 0.5) is 0 Å². The average molecular weight is 261 g/mol. The highest BCUT2D eigenvalue weighted by molar-refractivity contribution is 5.65. The molecule has 0 radical (unpaired) electrons. The Hall–Kier alpha value is -2.28. The number of hydrogen-bond donors (Lipinski definition) is 1.